The molecule has 0 spiro atoms. The second-order valence-electron chi connectivity index (χ2n) is 9.87. The molecule has 0 saturated heterocycles. The van der Waals surface area contributed by atoms with Crippen molar-refractivity contribution in [2.75, 3.05) is 13.6 Å². The Kier molecular flexibility index (Phi) is 30.4. The van der Waals surface area contributed by atoms with Gasteiger partial charge in [-0.05, 0) is 38.3 Å². The zero-order chi connectivity index (χ0) is 22.7. The fourth-order valence-electron chi connectivity index (χ4n) is 3.75. The van der Waals surface area contributed by atoms with Gasteiger partial charge in [-0.1, -0.05) is 130 Å². The van der Waals surface area contributed by atoms with Gasteiger partial charge in [-0.25, -0.2) is 0 Å². The van der Waals surface area contributed by atoms with Crippen LogP contribution in [0, 0.1) is 11.8 Å². The Balaban J connectivity index is 0. The van der Waals surface area contributed by atoms with Crippen LogP contribution in [0.5, 0.6) is 0 Å². The number of hydrogen-bond acceptors (Lipinski definition) is 2. The highest BCUT2D eigenvalue weighted by Gasteiger charge is 2.02. The third-order valence-corrected chi connectivity index (χ3v) is 6.05. The minimum Gasteiger partial charge on any atom is -0.320 e. The molecule has 0 rings (SSSR count). The maximum absolute atomic E-state index is 10.1. The lowest BCUT2D eigenvalue weighted by Crippen LogP contribution is -2.11. The molecule has 0 aliphatic heterocycles. The lowest BCUT2D eigenvalue weighted by atomic mass is 9.97. The van der Waals surface area contributed by atoms with Crippen molar-refractivity contribution in [3.05, 3.63) is 0 Å². The normalized spacial score (nSPS) is 11.9. The molecule has 0 aliphatic rings. The van der Waals surface area contributed by atoms with Crippen LogP contribution < -0.4 is 5.32 Å². The average molecular weight is 426 g/mol. The van der Waals surface area contributed by atoms with Crippen LogP contribution in [0.3, 0.4) is 0 Å². The van der Waals surface area contributed by atoms with Crippen molar-refractivity contribution >= 4 is 6.29 Å². The number of rotatable bonds is 22. The number of aldehydes is 1. The van der Waals surface area contributed by atoms with Gasteiger partial charge >= 0.3 is 0 Å². The second kappa shape index (κ2) is 28.6. The molecule has 0 heterocycles. The zero-order valence-electron chi connectivity index (χ0n) is 21.8. The van der Waals surface area contributed by atoms with Gasteiger partial charge < -0.3 is 10.1 Å². The van der Waals surface area contributed by atoms with Crippen LogP contribution in [0.25, 0.3) is 0 Å². The number of hydrogen-bond donors (Lipinski definition) is 1. The Labute approximate surface area is 191 Å². The fourth-order valence-corrected chi connectivity index (χ4v) is 3.75. The predicted octanol–water partition coefficient (Wildman–Crippen LogP) is 9.12. The van der Waals surface area contributed by atoms with E-state index >= 15 is 0 Å². The largest absolute Gasteiger partial charge is 0.320 e. The van der Waals surface area contributed by atoms with Gasteiger partial charge in [0.1, 0.15) is 6.29 Å². The molecule has 0 radical (unpaired) electrons. The van der Waals surface area contributed by atoms with E-state index in [2.05, 4.69) is 33.0 Å². The van der Waals surface area contributed by atoms with Gasteiger partial charge in [-0.15, -0.1) is 0 Å². The highest BCUT2D eigenvalue weighted by molar-refractivity contribution is 5.48. The summed E-state index contributed by atoms with van der Waals surface area (Å²) in [7, 11) is 2.02. The Bertz CT molecular complexity index is 303. The number of unbranched alkanes of at least 4 members (excludes halogenated alkanes) is 15. The van der Waals surface area contributed by atoms with E-state index in [-0.39, 0.29) is 0 Å². The summed E-state index contributed by atoms with van der Waals surface area (Å²) in [5.74, 6) is 1.76. The smallest absolute Gasteiger partial charge is 0.119 e. The third-order valence-electron chi connectivity index (χ3n) is 6.05. The maximum atomic E-state index is 10.1. The van der Waals surface area contributed by atoms with Crippen LogP contribution in [0.1, 0.15) is 150 Å². The Hall–Kier alpha value is -0.370. The van der Waals surface area contributed by atoms with Crippen molar-refractivity contribution in [2.24, 2.45) is 11.8 Å². The van der Waals surface area contributed by atoms with E-state index in [1.165, 1.54) is 116 Å². The van der Waals surface area contributed by atoms with Crippen molar-refractivity contribution < 1.29 is 4.79 Å². The SMILES string of the molecule is CCCCCCCCCCCCCCCCCC=O.CNCCC(C)CCC(C)C. The molecule has 1 N–H and O–H groups in total. The molecule has 0 aliphatic carbocycles. The molecule has 182 valence electrons. The molecule has 1 atom stereocenters. The van der Waals surface area contributed by atoms with Gasteiger partial charge in [0, 0.05) is 6.42 Å². The molecule has 0 amide bonds. The summed E-state index contributed by atoms with van der Waals surface area (Å²) in [6.45, 7) is 10.4. The zero-order valence-corrected chi connectivity index (χ0v) is 21.8. The fraction of sp³-hybridized carbons (Fsp3) is 0.964. The first-order valence-corrected chi connectivity index (χ1v) is 13.7. The molecule has 30 heavy (non-hydrogen) atoms. The van der Waals surface area contributed by atoms with E-state index in [0.717, 1.165) is 31.0 Å². The molecule has 0 saturated carbocycles. The lowest BCUT2D eigenvalue weighted by Gasteiger charge is -2.11. The van der Waals surface area contributed by atoms with Gasteiger partial charge in [0.25, 0.3) is 0 Å². The highest BCUT2D eigenvalue weighted by atomic mass is 16.1. The van der Waals surface area contributed by atoms with Crippen LogP contribution >= 0.6 is 0 Å². The summed E-state index contributed by atoms with van der Waals surface area (Å²) in [4.78, 5) is 10.1. The maximum Gasteiger partial charge on any atom is 0.119 e. The first-order valence-electron chi connectivity index (χ1n) is 13.7. The number of carbonyl (C=O) groups excluding carboxylic acids is 1. The molecular formula is C28H59NO. The molecular weight excluding hydrogens is 366 g/mol. The van der Waals surface area contributed by atoms with Crippen LogP contribution in [-0.2, 0) is 4.79 Å². The Morgan fingerprint density at radius 1 is 0.633 bits per heavy atom. The topological polar surface area (TPSA) is 29.1 Å². The van der Waals surface area contributed by atoms with Crippen molar-refractivity contribution in [2.45, 2.75) is 150 Å². The van der Waals surface area contributed by atoms with Crippen LogP contribution in [0.15, 0.2) is 0 Å². The van der Waals surface area contributed by atoms with Gasteiger partial charge in [0.2, 0.25) is 0 Å². The summed E-state index contributed by atoms with van der Waals surface area (Å²) < 4.78 is 0. The molecule has 0 aromatic heterocycles. The van der Waals surface area contributed by atoms with Crippen molar-refractivity contribution in [3.8, 4) is 0 Å². The van der Waals surface area contributed by atoms with Gasteiger partial charge in [0.15, 0.2) is 0 Å². The molecule has 1 unspecified atom stereocenters. The summed E-state index contributed by atoms with van der Waals surface area (Å²) >= 11 is 0. The van der Waals surface area contributed by atoms with Crippen molar-refractivity contribution in [3.63, 3.8) is 0 Å². The van der Waals surface area contributed by atoms with E-state index in [1.54, 1.807) is 0 Å². The average Bonchev–Trinajstić information content (AvgIpc) is 2.74. The van der Waals surface area contributed by atoms with Crippen molar-refractivity contribution in [1.29, 1.82) is 0 Å². The quantitative estimate of drug-likeness (QED) is 0.138. The first kappa shape index (κ1) is 31.8. The minimum absolute atomic E-state index is 0.762. The monoisotopic (exact) mass is 425 g/mol. The van der Waals surface area contributed by atoms with E-state index in [9.17, 15) is 4.79 Å². The van der Waals surface area contributed by atoms with Crippen LogP contribution in [0.4, 0.5) is 0 Å². The van der Waals surface area contributed by atoms with Crippen LogP contribution in [0.2, 0.25) is 0 Å². The van der Waals surface area contributed by atoms with E-state index < -0.39 is 0 Å². The summed E-state index contributed by atoms with van der Waals surface area (Å²) in [6, 6.07) is 0. The lowest BCUT2D eigenvalue weighted by molar-refractivity contribution is -0.107. The third kappa shape index (κ3) is 32.3. The van der Waals surface area contributed by atoms with E-state index in [4.69, 9.17) is 0 Å². The summed E-state index contributed by atoms with van der Waals surface area (Å²) in [6.07, 6.45) is 26.7. The predicted molar refractivity (Wildman–Crippen MR) is 137 cm³/mol. The van der Waals surface area contributed by atoms with Gasteiger partial charge in [0.05, 0.1) is 0 Å². The van der Waals surface area contributed by atoms with Gasteiger partial charge in [-0.2, -0.15) is 0 Å². The number of carbonyl (C=O) groups is 1. The van der Waals surface area contributed by atoms with Crippen molar-refractivity contribution in [1.82, 2.24) is 5.32 Å². The molecule has 2 nitrogen and oxygen atoms in total. The minimum atomic E-state index is 0.762. The van der Waals surface area contributed by atoms with E-state index in [1.807, 2.05) is 7.05 Å². The summed E-state index contributed by atoms with van der Waals surface area (Å²) in [5, 5.41) is 3.19. The molecule has 0 bridgehead atoms. The molecule has 0 aromatic rings. The molecule has 0 aromatic carbocycles. The first-order chi connectivity index (χ1) is 14.6. The van der Waals surface area contributed by atoms with E-state index in [0.29, 0.717) is 0 Å². The molecule has 2 heteroatoms. The van der Waals surface area contributed by atoms with Gasteiger partial charge in [-0.3, -0.25) is 0 Å². The standard InChI is InChI=1S/C18H36O.C10H23N/c1-2-3-4-5-6-7-8-9-10-11-12-13-14-15-16-17-18-19;1-9(2)5-6-10(3)7-8-11-4/h18H,2-17H2,1H3;9-11H,5-8H2,1-4H3. The molecule has 0 fully saturated rings. The van der Waals surface area contributed by atoms with Crippen LogP contribution in [-0.4, -0.2) is 19.9 Å². The summed E-state index contributed by atoms with van der Waals surface area (Å²) in [5.41, 5.74) is 0. The number of nitrogens with one attached hydrogen (secondary N) is 1. The Morgan fingerprint density at radius 3 is 1.43 bits per heavy atom. The second-order valence-corrected chi connectivity index (χ2v) is 9.87. The highest BCUT2D eigenvalue weighted by Crippen LogP contribution is 2.14. The Morgan fingerprint density at radius 2 is 1.07 bits per heavy atom.